The van der Waals surface area contributed by atoms with Gasteiger partial charge in [0.1, 0.15) is 10.6 Å². The van der Waals surface area contributed by atoms with Gasteiger partial charge in [-0.15, -0.1) is 0 Å². The van der Waals surface area contributed by atoms with Crippen molar-refractivity contribution < 1.29 is 17.7 Å². The first-order valence-electron chi connectivity index (χ1n) is 6.82. The van der Waals surface area contributed by atoms with E-state index in [2.05, 4.69) is 24.3 Å². The first kappa shape index (κ1) is 17.6. The van der Waals surface area contributed by atoms with E-state index in [0.29, 0.717) is 18.2 Å². The van der Waals surface area contributed by atoms with Crippen LogP contribution in [0.15, 0.2) is 9.42 Å². The van der Waals surface area contributed by atoms with E-state index in [4.69, 9.17) is 4.52 Å². The number of hydrogen-bond acceptors (Lipinski definition) is 5. The molecule has 0 saturated carbocycles. The van der Waals surface area contributed by atoms with Gasteiger partial charge in [-0.2, -0.15) is 4.31 Å². The summed E-state index contributed by atoms with van der Waals surface area (Å²) in [4.78, 5) is 11.8. The Morgan fingerprint density at radius 1 is 1.38 bits per heavy atom. The van der Waals surface area contributed by atoms with E-state index < -0.39 is 10.0 Å². The Balaban J connectivity index is 2.70. The van der Waals surface area contributed by atoms with E-state index >= 15 is 0 Å². The van der Waals surface area contributed by atoms with Crippen molar-refractivity contribution in [3.8, 4) is 0 Å². The monoisotopic (exact) mass is 317 g/mol. The molecule has 8 heteroatoms. The number of carbonyl (C=O) groups is 1. The molecule has 1 rings (SSSR count). The summed E-state index contributed by atoms with van der Waals surface area (Å²) in [5.41, 5.74) is 0.291. The zero-order chi connectivity index (χ0) is 16.2. The number of amides is 1. The van der Waals surface area contributed by atoms with Gasteiger partial charge in [0, 0.05) is 13.6 Å². The predicted molar refractivity (Wildman–Crippen MR) is 78.3 cm³/mol. The van der Waals surface area contributed by atoms with Gasteiger partial charge in [0.05, 0.1) is 6.54 Å². The predicted octanol–water partition coefficient (Wildman–Crippen LogP) is 1.07. The summed E-state index contributed by atoms with van der Waals surface area (Å²) < 4.78 is 30.7. The summed E-state index contributed by atoms with van der Waals surface area (Å²) in [7, 11) is -2.41. The van der Waals surface area contributed by atoms with E-state index in [1.165, 1.54) is 14.0 Å². The lowest BCUT2D eigenvalue weighted by molar-refractivity contribution is -0.121. The average molecular weight is 317 g/mol. The lowest BCUT2D eigenvalue weighted by atomic mass is 10.1. The maximum Gasteiger partial charge on any atom is 0.248 e. The maximum absolute atomic E-state index is 12.4. The van der Waals surface area contributed by atoms with Gasteiger partial charge in [-0.3, -0.25) is 4.79 Å². The molecule has 0 bridgehead atoms. The van der Waals surface area contributed by atoms with Crippen LogP contribution in [0.25, 0.3) is 0 Å². The van der Waals surface area contributed by atoms with Crippen LogP contribution in [0.5, 0.6) is 0 Å². The second-order valence-electron chi connectivity index (χ2n) is 5.45. The smallest absolute Gasteiger partial charge is 0.248 e. The molecule has 7 nitrogen and oxygen atoms in total. The van der Waals surface area contributed by atoms with Gasteiger partial charge in [-0.1, -0.05) is 19.0 Å². The van der Waals surface area contributed by atoms with Gasteiger partial charge in [0.15, 0.2) is 5.76 Å². The second-order valence-corrected chi connectivity index (χ2v) is 7.43. The zero-order valence-corrected chi connectivity index (χ0v) is 14.0. The Kier molecular flexibility index (Phi) is 5.91. The standard InChI is InChI=1S/C13H23N3O4S/c1-9(2)6-7-14-12(17)8-16(5)21(18,19)13-10(3)15-20-11(13)4/h9H,6-8H2,1-5H3,(H,14,17). The molecule has 0 unspecified atom stereocenters. The van der Waals surface area contributed by atoms with E-state index in [1.807, 2.05) is 0 Å². The fourth-order valence-electron chi connectivity index (χ4n) is 1.84. The van der Waals surface area contributed by atoms with Crippen molar-refractivity contribution in [2.45, 2.75) is 39.0 Å². The van der Waals surface area contributed by atoms with Crippen molar-refractivity contribution in [3.63, 3.8) is 0 Å². The van der Waals surface area contributed by atoms with Crippen LogP contribution >= 0.6 is 0 Å². The summed E-state index contributed by atoms with van der Waals surface area (Å²) in [5.74, 6) is 0.377. The molecule has 1 aromatic heterocycles. The summed E-state index contributed by atoms with van der Waals surface area (Å²) in [6.07, 6.45) is 0.853. The average Bonchev–Trinajstić information content (AvgIpc) is 2.68. The van der Waals surface area contributed by atoms with Gasteiger partial charge >= 0.3 is 0 Å². The van der Waals surface area contributed by atoms with Crippen molar-refractivity contribution in [2.24, 2.45) is 5.92 Å². The third-order valence-electron chi connectivity index (χ3n) is 3.05. The molecule has 21 heavy (non-hydrogen) atoms. The fourth-order valence-corrected chi connectivity index (χ4v) is 3.25. The van der Waals surface area contributed by atoms with Crippen molar-refractivity contribution in [1.82, 2.24) is 14.8 Å². The normalized spacial score (nSPS) is 12.1. The molecule has 0 saturated heterocycles. The number of rotatable bonds is 7. The largest absolute Gasteiger partial charge is 0.360 e. The summed E-state index contributed by atoms with van der Waals surface area (Å²) in [5, 5.41) is 6.34. The Hall–Kier alpha value is -1.41. The minimum atomic E-state index is -3.78. The minimum Gasteiger partial charge on any atom is -0.360 e. The lowest BCUT2D eigenvalue weighted by Gasteiger charge is -2.16. The maximum atomic E-state index is 12.4. The van der Waals surface area contributed by atoms with Crippen molar-refractivity contribution in [3.05, 3.63) is 11.5 Å². The first-order chi connectivity index (χ1) is 9.66. The zero-order valence-electron chi connectivity index (χ0n) is 13.1. The van der Waals surface area contributed by atoms with Crippen molar-refractivity contribution in [1.29, 1.82) is 0 Å². The van der Waals surface area contributed by atoms with Gasteiger partial charge in [0.25, 0.3) is 0 Å². The number of hydrogen-bond donors (Lipinski definition) is 1. The molecule has 0 radical (unpaired) electrons. The molecular formula is C13H23N3O4S. The quantitative estimate of drug-likeness (QED) is 0.812. The van der Waals surface area contributed by atoms with Crippen LogP contribution in [0.1, 0.15) is 31.7 Å². The SMILES string of the molecule is Cc1noc(C)c1S(=O)(=O)N(C)CC(=O)NCCC(C)C. The molecular weight excluding hydrogens is 294 g/mol. The van der Waals surface area contributed by atoms with E-state index in [0.717, 1.165) is 10.7 Å². The van der Waals surface area contributed by atoms with Crippen molar-refractivity contribution >= 4 is 15.9 Å². The van der Waals surface area contributed by atoms with E-state index in [1.54, 1.807) is 6.92 Å². The number of nitrogens with zero attached hydrogens (tertiary/aromatic N) is 2. The molecule has 0 spiro atoms. The molecule has 1 heterocycles. The minimum absolute atomic E-state index is 0.0278. The Labute approximate surface area is 125 Å². The Bertz CT molecular complexity index is 573. The molecule has 0 aliphatic heterocycles. The second kappa shape index (κ2) is 7.04. The Morgan fingerprint density at radius 2 is 2.00 bits per heavy atom. The third-order valence-corrected chi connectivity index (χ3v) is 5.09. The summed E-state index contributed by atoms with van der Waals surface area (Å²) in [6.45, 7) is 7.50. The van der Waals surface area contributed by atoms with Crippen LogP contribution in [0.2, 0.25) is 0 Å². The summed E-state index contributed by atoms with van der Waals surface area (Å²) >= 11 is 0. The van der Waals surface area contributed by atoms with Gasteiger partial charge in [-0.05, 0) is 26.2 Å². The van der Waals surface area contributed by atoms with E-state index in [-0.39, 0.29) is 23.1 Å². The summed E-state index contributed by atoms with van der Waals surface area (Å²) in [6, 6.07) is 0. The van der Waals surface area contributed by atoms with Crippen LogP contribution < -0.4 is 5.32 Å². The molecule has 120 valence electrons. The van der Waals surface area contributed by atoms with Crippen LogP contribution in [0.3, 0.4) is 0 Å². The molecule has 0 aromatic carbocycles. The fraction of sp³-hybridized carbons (Fsp3) is 0.692. The molecule has 0 fully saturated rings. The van der Waals surface area contributed by atoms with Gasteiger partial charge in [0.2, 0.25) is 15.9 Å². The number of carbonyl (C=O) groups excluding carboxylic acids is 1. The van der Waals surface area contributed by atoms with Crippen molar-refractivity contribution in [2.75, 3.05) is 20.1 Å². The third kappa shape index (κ3) is 4.53. The number of aryl methyl sites for hydroxylation is 2. The lowest BCUT2D eigenvalue weighted by Crippen LogP contribution is -2.39. The van der Waals surface area contributed by atoms with Gasteiger partial charge < -0.3 is 9.84 Å². The number of sulfonamides is 1. The highest BCUT2D eigenvalue weighted by molar-refractivity contribution is 7.89. The topological polar surface area (TPSA) is 92.5 Å². The number of nitrogens with one attached hydrogen (secondary N) is 1. The van der Waals surface area contributed by atoms with E-state index in [9.17, 15) is 13.2 Å². The molecule has 0 aliphatic rings. The molecule has 0 aliphatic carbocycles. The number of aromatic nitrogens is 1. The molecule has 0 atom stereocenters. The molecule has 1 amide bonds. The number of likely N-dealkylation sites (N-methyl/N-ethyl adjacent to an activating group) is 1. The van der Waals surface area contributed by atoms with Crippen LogP contribution in [0, 0.1) is 19.8 Å². The molecule has 1 aromatic rings. The van der Waals surface area contributed by atoms with Gasteiger partial charge in [-0.25, -0.2) is 8.42 Å². The van der Waals surface area contributed by atoms with Crippen LogP contribution in [-0.4, -0.2) is 43.9 Å². The highest BCUT2D eigenvalue weighted by Crippen LogP contribution is 2.21. The first-order valence-corrected chi connectivity index (χ1v) is 8.26. The molecule has 1 N–H and O–H groups in total. The van der Waals surface area contributed by atoms with Crippen LogP contribution in [-0.2, 0) is 14.8 Å². The highest BCUT2D eigenvalue weighted by Gasteiger charge is 2.29. The Morgan fingerprint density at radius 3 is 2.48 bits per heavy atom. The van der Waals surface area contributed by atoms with Crippen LogP contribution in [0.4, 0.5) is 0 Å². The highest BCUT2D eigenvalue weighted by atomic mass is 32.2.